The minimum Gasteiger partial charge on any atom is -0.480 e. The third-order valence-corrected chi connectivity index (χ3v) is 2.68. The van der Waals surface area contributed by atoms with Crippen molar-refractivity contribution in [3.05, 3.63) is 35.5 Å². The van der Waals surface area contributed by atoms with Crippen LogP contribution in [0.4, 0.5) is 18.9 Å². The smallest absolute Gasteiger partial charge is 0.416 e. The molecule has 1 heterocycles. The maximum absolute atomic E-state index is 12.7. The summed E-state index contributed by atoms with van der Waals surface area (Å²) in [5.41, 5.74) is -0.602. The number of carboxylic acids is 1. The number of aromatic nitrogens is 1. The van der Waals surface area contributed by atoms with Crippen molar-refractivity contribution in [2.24, 2.45) is 0 Å². The van der Waals surface area contributed by atoms with Gasteiger partial charge in [0.25, 0.3) is 0 Å². The van der Waals surface area contributed by atoms with Gasteiger partial charge in [-0.2, -0.15) is 18.4 Å². The lowest BCUT2D eigenvalue weighted by Gasteiger charge is -2.11. The average Bonchev–Trinajstić information content (AvgIpc) is 2.42. The number of rotatable bonds is 3. The Labute approximate surface area is 116 Å². The molecule has 0 atom stereocenters. The number of hydrogen-bond acceptors (Lipinski definition) is 4. The summed E-state index contributed by atoms with van der Waals surface area (Å²) < 4.78 is 38.2. The van der Waals surface area contributed by atoms with E-state index in [1.54, 1.807) is 6.07 Å². The second kappa shape index (κ2) is 5.28. The Kier molecular flexibility index (Phi) is 3.67. The topological polar surface area (TPSA) is 86.0 Å². The average molecular weight is 295 g/mol. The molecular formula is C13H8F3N3O2. The normalized spacial score (nSPS) is 11.1. The maximum atomic E-state index is 12.7. The Morgan fingerprint density at radius 3 is 2.67 bits per heavy atom. The number of benzene rings is 1. The summed E-state index contributed by atoms with van der Waals surface area (Å²) in [6.07, 6.45) is -4.52. The van der Waals surface area contributed by atoms with E-state index in [4.69, 9.17) is 10.4 Å². The Bertz CT molecular complexity index is 751. The van der Waals surface area contributed by atoms with Crippen LogP contribution in [-0.2, 0) is 11.0 Å². The first-order valence-electron chi connectivity index (χ1n) is 5.69. The highest BCUT2D eigenvalue weighted by Crippen LogP contribution is 2.33. The standard InChI is InChI=1S/C13H8F3N3O2/c14-13(15,16)7-1-2-10-9(3-7)11(18-6-12(20)21)4-8(5-17)19-10/h1-4H,6H2,(H,18,19)(H,20,21). The van der Waals surface area contributed by atoms with E-state index in [9.17, 15) is 18.0 Å². The number of nitrogens with one attached hydrogen (secondary N) is 1. The number of halogens is 3. The summed E-state index contributed by atoms with van der Waals surface area (Å²) in [6.45, 7) is -0.486. The summed E-state index contributed by atoms with van der Waals surface area (Å²) >= 11 is 0. The van der Waals surface area contributed by atoms with Gasteiger partial charge in [-0.3, -0.25) is 4.79 Å². The van der Waals surface area contributed by atoms with Crippen LogP contribution in [0.25, 0.3) is 10.9 Å². The molecule has 21 heavy (non-hydrogen) atoms. The van der Waals surface area contributed by atoms with Gasteiger partial charge in [-0.15, -0.1) is 0 Å². The second-order valence-electron chi connectivity index (χ2n) is 4.14. The molecule has 2 rings (SSSR count). The number of anilines is 1. The number of pyridine rings is 1. The minimum atomic E-state index is -4.52. The number of alkyl halides is 3. The lowest BCUT2D eigenvalue weighted by Crippen LogP contribution is -2.13. The van der Waals surface area contributed by atoms with Crippen LogP contribution >= 0.6 is 0 Å². The molecule has 0 radical (unpaired) electrons. The van der Waals surface area contributed by atoms with Crippen LogP contribution in [0.2, 0.25) is 0 Å². The van der Waals surface area contributed by atoms with Crippen molar-refractivity contribution in [2.75, 3.05) is 11.9 Å². The van der Waals surface area contributed by atoms with E-state index in [0.717, 1.165) is 18.2 Å². The van der Waals surface area contributed by atoms with Crippen molar-refractivity contribution in [1.29, 1.82) is 5.26 Å². The Balaban J connectivity index is 2.61. The fourth-order valence-electron chi connectivity index (χ4n) is 1.78. The van der Waals surface area contributed by atoms with Gasteiger partial charge in [-0.05, 0) is 24.3 Å². The molecule has 0 saturated carbocycles. The van der Waals surface area contributed by atoms with E-state index < -0.39 is 24.3 Å². The number of hydrogen-bond donors (Lipinski definition) is 2. The van der Waals surface area contributed by atoms with Gasteiger partial charge in [-0.25, -0.2) is 4.98 Å². The highest BCUT2D eigenvalue weighted by molar-refractivity contribution is 5.93. The second-order valence-corrected chi connectivity index (χ2v) is 4.14. The van der Waals surface area contributed by atoms with E-state index in [0.29, 0.717) is 0 Å². The number of aliphatic carboxylic acids is 1. The zero-order chi connectivity index (χ0) is 15.6. The number of carboxylic acid groups (broad SMARTS) is 1. The Hall–Kier alpha value is -2.82. The third kappa shape index (κ3) is 3.20. The highest BCUT2D eigenvalue weighted by atomic mass is 19.4. The zero-order valence-electron chi connectivity index (χ0n) is 10.4. The Morgan fingerprint density at radius 1 is 1.38 bits per heavy atom. The molecule has 0 aliphatic heterocycles. The van der Waals surface area contributed by atoms with Crippen LogP contribution in [-0.4, -0.2) is 22.6 Å². The van der Waals surface area contributed by atoms with E-state index in [1.807, 2.05) is 0 Å². The molecule has 1 aromatic carbocycles. The van der Waals surface area contributed by atoms with Crippen molar-refractivity contribution in [2.45, 2.75) is 6.18 Å². The first kappa shape index (κ1) is 14.6. The van der Waals surface area contributed by atoms with E-state index >= 15 is 0 Å². The maximum Gasteiger partial charge on any atom is 0.416 e. The molecule has 0 aliphatic carbocycles. The van der Waals surface area contributed by atoms with Crippen LogP contribution < -0.4 is 5.32 Å². The first-order valence-corrected chi connectivity index (χ1v) is 5.69. The molecule has 0 saturated heterocycles. The molecule has 0 unspecified atom stereocenters. The van der Waals surface area contributed by atoms with Gasteiger partial charge in [0.05, 0.1) is 11.1 Å². The third-order valence-electron chi connectivity index (χ3n) is 2.68. The van der Waals surface area contributed by atoms with Crippen molar-refractivity contribution in [1.82, 2.24) is 4.98 Å². The number of carbonyl (C=O) groups is 1. The first-order chi connectivity index (χ1) is 9.81. The van der Waals surface area contributed by atoms with Crippen LogP contribution in [0.3, 0.4) is 0 Å². The van der Waals surface area contributed by atoms with Gasteiger partial charge in [0, 0.05) is 11.1 Å². The highest BCUT2D eigenvalue weighted by Gasteiger charge is 2.30. The van der Waals surface area contributed by atoms with E-state index in [2.05, 4.69) is 10.3 Å². The lowest BCUT2D eigenvalue weighted by molar-refractivity contribution is -0.137. The summed E-state index contributed by atoms with van der Waals surface area (Å²) in [4.78, 5) is 14.5. The molecular weight excluding hydrogens is 287 g/mol. The van der Waals surface area contributed by atoms with Gasteiger partial charge in [0.2, 0.25) is 0 Å². The molecule has 0 spiro atoms. The largest absolute Gasteiger partial charge is 0.480 e. The van der Waals surface area contributed by atoms with Gasteiger partial charge in [-0.1, -0.05) is 0 Å². The molecule has 0 amide bonds. The minimum absolute atomic E-state index is 0.0184. The molecule has 2 N–H and O–H groups in total. The molecule has 0 bridgehead atoms. The van der Waals surface area contributed by atoms with Crippen LogP contribution in [0, 0.1) is 11.3 Å². The van der Waals surface area contributed by atoms with Gasteiger partial charge in [0.15, 0.2) is 0 Å². The monoisotopic (exact) mass is 295 g/mol. The van der Waals surface area contributed by atoms with E-state index in [-0.39, 0.29) is 22.3 Å². The van der Waals surface area contributed by atoms with Crippen LogP contribution in [0.1, 0.15) is 11.3 Å². The Morgan fingerprint density at radius 2 is 2.10 bits per heavy atom. The fraction of sp³-hybridized carbons (Fsp3) is 0.154. The quantitative estimate of drug-likeness (QED) is 0.909. The molecule has 108 valence electrons. The van der Waals surface area contributed by atoms with Crippen molar-refractivity contribution in [3.8, 4) is 6.07 Å². The molecule has 5 nitrogen and oxygen atoms in total. The van der Waals surface area contributed by atoms with Crippen molar-refractivity contribution >= 4 is 22.6 Å². The summed E-state index contributed by atoms with van der Waals surface area (Å²) in [5.74, 6) is -1.18. The summed E-state index contributed by atoms with van der Waals surface area (Å²) in [7, 11) is 0. The molecule has 8 heteroatoms. The lowest BCUT2D eigenvalue weighted by atomic mass is 10.1. The van der Waals surface area contributed by atoms with Gasteiger partial charge in [0.1, 0.15) is 18.3 Å². The number of nitrogens with zero attached hydrogens (tertiary/aromatic N) is 2. The van der Waals surface area contributed by atoms with E-state index in [1.165, 1.54) is 6.07 Å². The van der Waals surface area contributed by atoms with Crippen LogP contribution in [0.15, 0.2) is 24.3 Å². The molecule has 1 aromatic heterocycles. The summed E-state index contributed by atoms with van der Waals surface area (Å²) in [5, 5.41) is 20.1. The SMILES string of the molecule is N#Cc1cc(NCC(=O)O)c2cc(C(F)(F)F)ccc2n1. The molecule has 0 fully saturated rings. The molecule has 2 aromatic rings. The predicted molar refractivity (Wildman–Crippen MR) is 67.6 cm³/mol. The number of fused-ring (bicyclic) bond motifs is 1. The fourth-order valence-corrected chi connectivity index (χ4v) is 1.78. The van der Waals surface area contributed by atoms with Crippen LogP contribution in [0.5, 0.6) is 0 Å². The van der Waals surface area contributed by atoms with Crippen molar-refractivity contribution in [3.63, 3.8) is 0 Å². The zero-order valence-corrected chi connectivity index (χ0v) is 10.4. The summed E-state index contributed by atoms with van der Waals surface area (Å²) in [6, 6.07) is 5.86. The van der Waals surface area contributed by atoms with Gasteiger partial charge >= 0.3 is 12.1 Å². The van der Waals surface area contributed by atoms with Crippen molar-refractivity contribution < 1.29 is 23.1 Å². The number of nitriles is 1. The predicted octanol–water partition coefficient (Wildman–Crippen LogP) is 2.62. The van der Waals surface area contributed by atoms with Gasteiger partial charge < -0.3 is 10.4 Å². The molecule has 0 aliphatic rings.